The van der Waals surface area contributed by atoms with Crippen LogP contribution in [0.15, 0.2) is 53.3 Å². The highest BCUT2D eigenvalue weighted by atomic mass is 79.9. The van der Waals surface area contributed by atoms with E-state index in [9.17, 15) is 4.79 Å². The first-order chi connectivity index (χ1) is 10.3. The second-order valence-electron chi connectivity index (χ2n) is 4.80. The summed E-state index contributed by atoms with van der Waals surface area (Å²) in [4.78, 5) is 17.5. The number of hydrogen-bond acceptors (Lipinski definition) is 2. The fraction of sp³-hybridized carbons (Fsp3) is 0.176. The summed E-state index contributed by atoms with van der Waals surface area (Å²) >= 11 is 3.45. The Morgan fingerprint density at radius 1 is 1.10 bits per heavy atom. The lowest BCUT2D eigenvalue weighted by Gasteiger charge is -2.15. The third-order valence-corrected chi connectivity index (χ3v) is 4.08. The van der Waals surface area contributed by atoms with Gasteiger partial charge in [-0.05, 0) is 30.2 Å². The van der Waals surface area contributed by atoms with Crippen molar-refractivity contribution in [3.05, 3.63) is 70.3 Å². The third-order valence-electron chi connectivity index (χ3n) is 3.58. The molecule has 0 aliphatic heterocycles. The van der Waals surface area contributed by atoms with E-state index in [2.05, 4.69) is 33.9 Å². The van der Waals surface area contributed by atoms with Gasteiger partial charge in [0.15, 0.2) is 0 Å². The van der Waals surface area contributed by atoms with Gasteiger partial charge in [-0.2, -0.15) is 0 Å². The molecule has 0 unspecified atom stereocenters. The van der Waals surface area contributed by atoms with Gasteiger partial charge in [0.05, 0.1) is 21.9 Å². The van der Waals surface area contributed by atoms with Gasteiger partial charge in [-0.3, -0.25) is 9.36 Å². The van der Waals surface area contributed by atoms with E-state index in [4.69, 9.17) is 0 Å². The number of fused-ring (bicyclic) bond motifs is 1. The van der Waals surface area contributed by atoms with Crippen molar-refractivity contribution in [1.29, 1.82) is 0 Å². The maximum Gasteiger partial charge on any atom is 0.265 e. The zero-order valence-corrected chi connectivity index (χ0v) is 13.3. The van der Waals surface area contributed by atoms with Gasteiger partial charge in [0.2, 0.25) is 0 Å². The fourth-order valence-corrected chi connectivity index (χ4v) is 2.92. The third kappa shape index (κ3) is 2.40. The van der Waals surface area contributed by atoms with E-state index >= 15 is 0 Å². The Kier molecular flexibility index (Phi) is 3.88. The van der Waals surface area contributed by atoms with Gasteiger partial charge < -0.3 is 0 Å². The molecule has 4 heteroatoms. The van der Waals surface area contributed by atoms with Crippen LogP contribution in [0.2, 0.25) is 0 Å². The Labute approximate surface area is 131 Å². The van der Waals surface area contributed by atoms with Crippen molar-refractivity contribution in [3.8, 4) is 5.69 Å². The van der Waals surface area contributed by atoms with E-state index in [1.807, 2.05) is 42.5 Å². The van der Waals surface area contributed by atoms with Gasteiger partial charge >= 0.3 is 0 Å². The number of hydrogen-bond donors (Lipinski definition) is 0. The summed E-state index contributed by atoms with van der Waals surface area (Å²) in [5, 5.41) is 1.18. The zero-order chi connectivity index (χ0) is 14.8. The standard InChI is InChI=1S/C17H15BrN2O/c1-2-12-7-3-6-10-15(12)20-16(11-18)19-14-9-5-4-8-13(14)17(20)21/h3-10H,2,11H2,1H3. The van der Waals surface area contributed by atoms with Crippen LogP contribution in [0.3, 0.4) is 0 Å². The molecule has 3 rings (SSSR count). The van der Waals surface area contributed by atoms with Crippen molar-refractivity contribution in [2.24, 2.45) is 0 Å². The molecular formula is C17H15BrN2O. The smallest absolute Gasteiger partial charge is 0.265 e. The first-order valence-corrected chi connectivity index (χ1v) is 8.03. The van der Waals surface area contributed by atoms with Gasteiger partial charge in [0.25, 0.3) is 5.56 Å². The minimum Gasteiger partial charge on any atom is -0.268 e. The number of rotatable bonds is 3. The lowest BCUT2D eigenvalue weighted by atomic mass is 10.1. The average molecular weight is 343 g/mol. The molecule has 3 aromatic rings. The minimum atomic E-state index is -0.0176. The first kappa shape index (κ1) is 14.0. The first-order valence-electron chi connectivity index (χ1n) is 6.91. The highest BCUT2D eigenvalue weighted by molar-refractivity contribution is 9.08. The predicted molar refractivity (Wildman–Crippen MR) is 89.3 cm³/mol. The van der Waals surface area contributed by atoms with E-state index < -0.39 is 0 Å². The number of aromatic nitrogens is 2. The maximum absolute atomic E-state index is 12.9. The lowest BCUT2D eigenvalue weighted by molar-refractivity contribution is 0.872. The number of alkyl halides is 1. The molecule has 106 valence electrons. The number of halogens is 1. The van der Waals surface area contributed by atoms with Crippen molar-refractivity contribution in [1.82, 2.24) is 9.55 Å². The Morgan fingerprint density at radius 2 is 1.81 bits per heavy atom. The molecule has 2 aromatic carbocycles. The number of nitrogens with zero attached hydrogens (tertiary/aromatic N) is 2. The molecule has 0 N–H and O–H groups in total. The van der Waals surface area contributed by atoms with Crippen LogP contribution in [-0.2, 0) is 11.8 Å². The molecule has 3 nitrogen and oxygen atoms in total. The Morgan fingerprint density at radius 3 is 2.57 bits per heavy atom. The van der Waals surface area contributed by atoms with Crippen LogP contribution >= 0.6 is 15.9 Å². The fourth-order valence-electron chi connectivity index (χ4n) is 2.54. The molecule has 21 heavy (non-hydrogen) atoms. The van der Waals surface area contributed by atoms with Gasteiger partial charge in [-0.1, -0.05) is 53.2 Å². The number of benzene rings is 2. The second kappa shape index (κ2) is 5.82. The summed E-state index contributed by atoms with van der Waals surface area (Å²) in [5.41, 5.74) is 2.77. The molecule has 0 saturated carbocycles. The molecule has 1 heterocycles. The van der Waals surface area contributed by atoms with Gasteiger partial charge in [0, 0.05) is 0 Å². The normalized spacial score (nSPS) is 11.0. The molecule has 0 bridgehead atoms. The van der Waals surface area contributed by atoms with E-state index in [1.54, 1.807) is 4.57 Å². The van der Waals surface area contributed by atoms with Crippen LogP contribution in [-0.4, -0.2) is 9.55 Å². The summed E-state index contributed by atoms with van der Waals surface area (Å²) in [6, 6.07) is 15.4. The van der Waals surface area contributed by atoms with Crippen LogP contribution in [0, 0.1) is 0 Å². The molecular weight excluding hydrogens is 328 g/mol. The summed E-state index contributed by atoms with van der Waals surface area (Å²) in [5.74, 6) is 0.722. The van der Waals surface area contributed by atoms with Crippen LogP contribution in [0.4, 0.5) is 0 Å². The lowest BCUT2D eigenvalue weighted by Crippen LogP contribution is -2.24. The van der Waals surface area contributed by atoms with Crippen molar-refractivity contribution in [2.45, 2.75) is 18.7 Å². The quantitative estimate of drug-likeness (QED) is 0.677. The van der Waals surface area contributed by atoms with E-state index in [1.165, 1.54) is 0 Å². The van der Waals surface area contributed by atoms with Crippen LogP contribution in [0.1, 0.15) is 18.3 Å². The summed E-state index contributed by atoms with van der Waals surface area (Å²) in [6.07, 6.45) is 0.872. The minimum absolute atomic E-state index is 0.0176. The molecule has 0 spiro atoms. The summed E-state index contributed by atoms with van der Waals surface area (Å²) in [6.45, 7) is 2.09. The Bertz CT molecular complexity index is 855. The topological polar surface area (TPSA) is 34.9 Å². The molecule has 0 amide bonds. The monoisotopic (exact) mass is 342 g/mol. The van der Waals surface area contributed by atoms with Crippen LogP contribution < -0.4 is 5.56 Å². The highest BCUT2D eigenvalue weighted by Gasteiger charge is 2.13. The van der Waals surface area contributed by atoms with Gasteiger partial charge in [-0.15, -0.1) is 0 Å². The number of aryl methyl sites for hydroxylation is 1. The van der Waals surface area contributed by atoms with Crippen LogP contribution in [0.25, 0.3) is 16.6 Å². The van der Waals surface area contributed by atoms with Gasteiger partial charge in [0.1, 0.15) is 5.82 Å². The average Bonchev–Trinajstić information content (AvgIpc) is 2.54. The Balaban J connectivity index is 2.41. The summed E-state index contributed by atoms with van der Waals surface area (Å²) in [7, 11) is 0. The molecule has 0 atom stereocenters. The summed E-state index contributed by atoms with van der Waals surface area (Å²) < 4.78 is 1.72. The molecule has 0 radical (unpaired) electrons. The van der Waals surface area contributed by atoms with Crippen LogP contribution in [0.5, 0.6) is 0 Å². The van der Waals surface area contributed by atoms with Crippen molar-refractivity contribution in [2.75, 3.05) is 0 Å². The molecule has 0 saturated heterocycles. The van der Waals surface area contributed by atoms with Gasteiger partial charge in [-0.25, -0.2) is 4.98 Å². The molecule has 0 aliphatic carbocycles. The second-order valence-corrected chi connectivity index (χ2v) is 5.36. The molecule has 0 aliphatic rings. The van der Waals surface area contributed by atoms with Crippen molar-refractivity contribution in [3.63, 3.8) is 0 Å². The maximum atomic E-state index is 12.9. The Hall–Kier alpha value is -1.94. The SMILES string of the molecule is CCc1ccccc1-n1c(CBr)nc2ccccc2c1=O. The highest BCUT2D eigenvalue weighted by Crippen LogP contribution is 2.18. The van der Waals surface area contributed by atoms with E-state index in [0.717, 1.165) is 29.0 Å². The van der Waals surface area contributed by atoms with Crippen molar-refractivity contribution >= 4 is 26.8 Å². The predicted octanol–water partition coefficient (Wildman–Crippen LogP) is 3.84. The largest absolute Gasteiger partial charge is 0.268 e. The molecule has 1 aromatic heterocycles. The molecule has 0 fully saturated rings. The zero-order valence-electron chi connectivity index (χ0n) is 11.7. The van der Waals surface area contributed by atoms with E-state index in [0.29, 0.717) is 10.7 Å². The van der Waals surface area contributed by atoms with Crippen molar-refractivity contribution < 1.29 is 0 Å². The van der Waals surface area contributed by atoms with E-state index in [-0.39, 0.29) is 5.56 Å². The number of para-hydroxylation sites is 2.